The molecule has 0 aromatic heterocycles. The minimum Gasteiger partial charge on any atom is -0.399 e. The van der Waals surface area contributed by atoms with Crippen molar-refractivity contribution in [2.24, 2.45) is 0 Å². The molecule has 0 spiro atoms. The van der Waals surface area contributed by atoms with Gasteiger partial charge in [-0.05, 0) is 36.4 Å². The lowest BCUT2D eigenvalue weighted by molar-refractivity contribution is 0.0747. The Bertz CT molecular complexity index is 807. The molecule has 1 aliphatic rings. The highest BCUT2D eigenvalue weighted by Crippen LogP contribution is 2.24. The van der Waals surface area contributed by atoms with Crippen LogP contribution in [0.2, 0.25) is 5.02 Å². The van der Waals surface area contributed by atoms with E-state index in [-0.39, 0.29) is 5.91 Å². The average Bonchev–Trinajstić information content (AvgIpc) is 2.61. The van der Waals surface area contributed by atoms with Crippen LogP contribution in [0.25, 0.3) is 0 Å². The Morgan fingerprint density at radius 1 is 1.12 bits per heavy atom. The second-order valence-corrected chi connectivity index (χ2v) is 6.11. The van der Waals surface area contributed by atoms with Gasteiger partial charge in [0.2, 0.25) is 0 Å². The minimum atomic E-state index is -0.0186. The van der Waals surface area contributed by atoms with E-state index in [1.165, 1.54) is 0 Å². The van der Waals surface area contributed by atoms with Gasteiger partial charge in [-0.15, -0.1) is 0 Å². The molecule has 2 aromatic carbocycles. The van der Waals surface area contributed by atoms with Gasteiger partial charge in [0.15, 0.2) is 0 Å². The molecular weight excluding hydrogens is 324 g/mol. The monoisotopic (exact) mass is 340 g/mol. The molecule has 24 heavy (non-hydrogen) atoms. The van der Waals surface area contributed by atoms with Gasteiger partial charge >= 0.3 is 0 Å². The molecular formula is C18H17ClN4O. The van der Waals surface area contributed by atoms with E-state index in [2.05, 4.69) is 11.0 Å². The Labute approximate surface area is 145 Å². The van der Waals surface area contributed by atoms with Gasteiger partial charge in [0.25, 0.3) is 5.91 Å². The van der Waals surface area contributed by atoms with Crippen LogP contribution in [0.1, 0.15) is 15.9 Å². The Morgan fingerprint density at radius 2 is 1.88 bits per heavy atom. The first-order valence-electron chi connectivity index (χ1n) is 7.68. The fourth-order valence-electron chi connectivity index (χ4n) is 2.87. The highest BCUT2D eigenvalue weighted by atomic mass is 35.5. The molecule has 0 atom stereocenters. The van der Waals surface area contributed by atoms with Gasteiger partial charge in [0.1, 0.15) is 6.07 Å². The molecule has 5 nitrogen and oxygen atoms in total. The summed E-state index contributed by atoms with van der Waals surface area (Å²) in [4.78, 5) is 16.5. The molecule has 1 saturated heterocycles. The third kappa shape index (κ3) is 3.29. The first-order valence-corrected chi connectivity index (χ1v) is 8.05. The molecule has 0 radical (unpaired) electrons. The van der Waals surface area contributed by atoms with Crippen molar-refractivity contribution in [1.82, 2.24) is 4.90 Å². The van der Waals surface area contributed by atoms with Crippen LogP contribution in [0.5, 0.6) is 0 Å². The molecule has 0 aliphatic carbocycles. The maximum absolute atomic E-state index is 12.5. The van der Waals surface area contributed by atoms with Crippen molar-refractivity contribution >= 4 is 28.9 Å². The van der Waals surface area contributed by atoms with Crippen LogP contribution in [0.15, 0.2) is 42.5 Å². The molecule has 0 unspecified atom stereocenters. The highest BCUT2D eigenvalue weighted by Gasteiger charge is 2.23. The van der Waals surface area contributed by atoms with Crippen molar-refractivity contribution in [1.29, 1.82) is 5.26 Å². The van der Waals surface area contributed by atoms with Gasteiger partial charge in [-0.25, -0.2) is 0 Å². The van der Waals surface area contributed by atoms with Crippen molar-refractivity contribution in [3.63, 3.8) is 0 Å². The predicted octanol–water partition coefficient (Wildman–Crippen LogP) is 2.76. The number of rotatable bonds is 2. The summed E-state index contributed by atoms with van der Waals surface area (Å²) < 4.78 is 0. The van der Waals surface area contributed by atoms with E-state index in [9.17, 15) is 10.1 Å². The Kier molecular flexibility index (Phi) is 4.59. The van der Waals surface area contributed by atoms with Gasteiger partial charge < -0.3 is 15.5 Å². The van der Waals surface area contributed by atoms with Crippen LogP contribution in [-0.4, -0.2) is 37.0 Å². The summed E-state index contributed by atoms with van der Waals surface area (Å²) in [6.07, 6.45) is 0. The number of carbonyl (C=O) groups is 1. The van der Waals surface area contributed by atoms with E-state index >= 15 is 0 Å². The lowest BCUT2D eigenvalue weighted by Gasteiger charge is -2.36. The zero-order chi connectivity index (χ0) is 17.1. The van der Waals surface area contributed by atoms with E-state index in [4.69, 9.17) is 17.3 Å². The van der Waals surface area contributed by atoms with Crippen molar-refractivity contribution in [3.05, 3.63) is 58.6 Å². The number of carbonyl (C=O) groups excluding carboxylic acids is 1. The summed E-state index contributed by atoms with van der Waals surface area (Å²) in [6, 6.07) is 14.5. The second-order valence-electron chi connectivity index (χ2n) is 5.68. The number of hydrogen-bond acceptors (Lipinski definition) is 4. The van der Waals surface area contributed by atoms with Gasteiger partial charge in [0.05, 0.1) is 11.3 Å². The molecule has 0 saturated carbocycles. The lowest BCUT2D eigenvalue weighted by atomic mass is 10.1. The Hall–Kier alpha value is -2.71. The zero-order valence-electron chi connectivity index (χ0n) is 13.1. The number of piperazine rings is 1. The van der Waals surface area contributed by atoms with Crippen LogP contribution in [0.3, 0.4) is 0 Å². The van der Waals surface area contributed by atoms with E-state index < -0.39 is 0 Å². The van der Waals surface area contributed by atoms with Gasteiger partial charge in [-0.3, -0.25) is 4.79 Å². The third-order valence-electron chi connectivity index (χ3n) is 4.12. The first-order chi connectivity index (χ1) is 11.6. The number of nitrogen functional groups attached to an aromatic ring is 1. The number of halogens is 1. The molecule has 122 valence electrons. The fraction of sp³-hybridized carbons (Fsp3) is 0.222. The molecule has 2 aromatic rings. The normalized spacial score (nSPS) is 14.3. The fourth-order valence-corrected chi connectivity index (χ4v) is 3.06. The van der Waals surface area contributed by atoms with Gasteiger partial charge in [-0.2, -0.15) is 5.26 Å². The van der Waals surface area contributed by atoms with Gasteiger partial charge in [-0.1, -0.05) is 17.7 Å². The summed E-state index contributed by atoms with van der Waals surface area (Å²) in [5.74, 6) is -0.0186. The molecule has 1 amide bonds. The van der Waals surface area contributed by atoms with E-state index in [0.29, 0.717) is 48.0 Å². The van der Waals surface area contributed by atoms with Crippen LogP contribution in [0.4, 0.5) is 11.4 Å². The van der Waals surface area contributed by atoms with Crippen LogP contribution >= 0.6 is 11.6 Å². The summed E-state index contributed by atoms with van der Waals surface area (Å²) in [5.41, 5.74) is 8.33. The first kappa shape index (κ1) is 16.2. The average molecular weight is 341 g/mol. The number of anilines is 2. The molecule has 0 bridgehead atoms. The number of benzene rings is 2. The number of nitriles is 1. The number of amides is 1. The highest BCUT2D eigenvalue weighted by molar-refractivity contribution is 6.30. The van der Waals surface area contributed by atoms with Crippen LogP contribution < -0.4 is 10.6 Å². The minimum absolute atomic E-state index is 0.0186. The second kappa shape index (κ2) is 6.81. The number of nitrogens with two attached hydrogens (primary N) is 1. The lowest BCUT2D eigenvalue weighted by Crippen LogP contribution is -2.49. The quantitative estimate of drug-likeness (QED) is 0.853. The largest absolute Gasteiger partial charge is 0.399 e. The van der Waals surface area contributed by atoms with Gasteiger partial charge in [0, 0.05) is 42.5 Å². The molecule has 1 aliphatic heterocycles. The maximum atomic E-state index is 12.5. The van der Waals surface area contributed by atoms with Crippen molar-refractivity contribution in [3.8, 4) is 6.07 Å². The standard InChI is InChI=1S/C18H17ClN4O/c19-15-3-1-2-13(10-15)18(24)23-8-6-22(7-9-23)17-5-4-16(21)11-14(17)12-20/h1-5,10-11H,6-9,21H2. The Morgan fingerprint density at radius 3 is 2.54 bits per heavy atom. The number of hydrogen-bond donors (Lipinski definition) is 1. The molecule has 1 heterocycles. The molecule has 2 N–H and O–H groups in total. The molecule has 3 rings (SSSR count). The summed E-state index contributed by atoms with van der Waals surface area (Å²) in [7, 11) is 0. The predicted molar refractivity (Wildman–Crippen MR) is 95.1 cm³/mol. The van der Waals surface area contributed by atoms with Crippen LogP contribution in [-0.2, 0) is 0 Å². The zero-order valence-corrected chi connectivity index (χ0v) is 13.8. The summed E-state index contributed by atoms with van der Waals surface area (Å²) in [6.45, 7) is 2.54. The van der Waals surface area contributed by atoms with Crippen molar-refractivity contribution < 1.29 is 4.79 Å². The summed E-state index contributed by atoms with van der Waals surface area (Å²) >= 11 is 5.96. The van der Waals surface area contributed by atoms with Crippen LogP contribution in [0, 0.1) is 11.3 Å². The third-order valence-corrected chi connectivity index (χ3v) is 4.36. The number of nitrogens with zero attached hydrogens (tertiary/aromatic N) is 3. The molecule has 6 heteroatoms. The summed E-state index contributed by atoms with van der Waals surface area (Å²) in [5, 5.41) is 9.83. The Balaban J connectivity index is 1.70. The van der Waals surface area contributed by atoms with E-state index in [0.717, 1.165) is 5.69 Å². The topological polar surface area (TPSA) is 73.4 Å². The molecule has 1 fully saturated rings. The smallest absolute Gasteiger partial charge is 0.254 e. The van der Waals surface area contributed by atoms with E-state index in [1.807, 2.05) is 11.0 Å². The van der Waals surface area contributed by atoms with Crippen molar-refractivity contribution in [2.45, 2.75) is 0 Å². The van der Waals surface area contributed by atoms with Crippen molar-refractivity contribution in [2.75, 3.05) is 36.8 Å². The van der Waals surface area contributed by atoms with E-state index in [1.54, 1.807) is 36.4 Å². The SMILES string of the molecule is N#Cc1cc(N)ccc1N1CCN(C(=O)c2cccc(Cl)c2)CC1. The maximum Gasteiger partial charge on any atom is 0.254 e.